The predicted octanol–water partition coefficient (Wildman–Crippen LogP) is 3.80. The van der Waals surface area contributed by atoms with E-state index in [1.807, 2.05) is 0 Å². The second-order valence-electron chi connectivity index (χ2n) is 6.67. The maximum Gasteiger partial charge on any atom is 0.306 e. The molecule has 1 saturated carbocycles. The number of carbonyl (C=O) groups is 1. The van der Waals surface area contributed by atoms with E-state index >= 15 is 0 Å². The molecule has 0 amide bonds. The van der Waals surface area contributed by atoms with Crippen LogP contribution in [0.3, 0.4) is 0 Å². The van der Waals surface area contributed by atoms with Crippen molar-refractivity contribution in [2.45, 2.75) is 44.8 Å². The van der Waals surface area contributed by atoms with E-state index in [9.17, 15) is 4.79 Å². The molecule has 0 bridgehead atoms. The van der Waals surface area contributed by atoms with E-state index in [0.717, 1.165) is 38.8 Å². The summed E-state index contributed by atoms with van der Waals surface area (Å²) >= 11 is 0. The van der Waals surface area contributed by atoms with Crippen molar-refractivity contribution in [2.75, 3.05) is 0 Å². The molecule has 3 heteroatoms. The second kappa shape index (κ2) is 5.40. The van der Waals surface area contributed by atoms with E-state index < -0.39 is 5.97 Å². The van der Waals surface area contributed by atoms with E-state index in [1.165, 1.54) is 21.9 Å². The highest BCUT2D eigenvalue weighted by atomic mass is 16.4. The molecule has 22 heavy (non-hydrogen) atoms. The molecule has 3 nitrogen and oxygen atoms in total. The lowest BCUT2D eigenvalue weighted by atomic mass is 9.85. The molecular formula is C19H21NO2. The van der Waals surface area contributed by atoms with E-state index in [0.29, 0.717) is 6.04 Å². The van der Waals surface area contributed by atoms with E-state index in [2.05, 4.69) is 41.3 Å². The first-order valence-corrected chi connectivity index (χ1v) is 8.19. The summed E-state index contributed by atoms with van der Waals surface area (Å²) in [5, 5.41) is 11.8. The first-order valence-electron chi connectivity index (χ1n) is 8.19. The Morgan fingerprint density at radius 3 is 2.55 bits per heavy atom. The van der Waals surface area contributed by atoms with Crippen molar-refractivity contribution in [1.82, 2.24) is 4.90 Å². The van der Waals surface area contributed by atoms with Crippen LogP contribution in [0.2, 0.25) is 0 Å². The second-order valence-corrected chi connectivity index (χ2v) is 6.67. The Labute approximate surface area is 130 Å². The molecule has 0 saturated heterocycles. The quantitative estimate of drug-likeness (QED) is 0.916. The van der Waals surface area contributed by atoms with Gasteiger partial charge in [-0.15, -0.1) is 0 Å². The highest BCUT2D eigenvalue weighted by Crippen LogP contribution is 2.35. The van der Waals surface area contributed by atoms with Crippen molar-refractivity contribution in [1.29, 1.82) is 0 Å². The number of benzene rings is 2. The van der Waals surface area contributed by atoms with Gasteiger partial charge in [0.05, 0.1) is 5.92 Å². The van der Waals surface area contributed by atoms with Crippen LogP contribution in [0.1, 0.15) is 36.8 Å². The van der Waals surface area contributed by atoms with Gasteiger partial charge in [0, 0.05) is 19.1 Å². The third-order valence-electron chi connectivity index (χ3n) is 5.43. The highest BCUT2D eigenvalue weighted by Gasteiger charge is 2.32. The van der Waals surface area contributed by atoms with Crippen LogP contribution in [0.15, 0.2) is 36.4 Å². The largest absolute Gasteiger partial charge is 0.481 e. The average molecular weight is 295 g/mol. The Morgan fingerprint density at radius 1 is 1.00 bits per heavy atom. The first-order chi connectivity index (χ1) is 10.7. The normalized spacial score (nSPS) is 25.3. The standard InChI is InChI=1S/C19H21NO2/c21-19(22)14-7-9-16(10-8-14)20-11-15-6-5-13-3-1-2-4-17(13)18(15)12-20/h1-6,14,16H,7-12H2,(H,21,22). The minimum atomic E-state index is -0.617. The Kier molecular flexibility index (Phi) is 3.38. The molecule has 4 rings (SSSR count). The summed E-state index contributed by atoms with van der Waals surface area (Å²) in [6.07, 6.45) is 3.69. The number of hydrogen-bond donors (Lipinski definition) is 1. The first kappa shape index (κ1) is 13.8. The Balaban J connectivity index is 1.53. The van der Waals surface area contributed by atoms with Crippen LogP contribution in [0.25, 0.3) is 10.8 Å². The lowest BCUT2D eigenvalue weighted by Gasteiger charge is -2.33. The van der Waals surface area contributed by atoms with Gasteiger partial charge < -0.3 is 5.11 Å². The fraction of sp³-hybridized carbons (Fsp3) is 0.421. The molecular weight excluding hydrogens is 274 g/mol. The van der Waals surface area contributed by atoms with Gasteiger partial charge in [0.2, 0.25) is 0 Å². The van der Waals surface area contributed by atoms with Gasteiger partial charge in [0.1, 0.15) is 0 Å². The van der Waals surface area contributed by atoms with Crippen LogP contribution in [0, 0.1) is 5.92 Å². The summed E-state index contributed by atoms with van der Waals surface area (Å²) in [5.74, 6) is -0.740. The highest BCUT2D eigenvalue weighted by molar-refractivity contribution is 5.87. The number of fused-ring (bicyclic) bond motifs is 3. The van der Waals surface area contributed by atoms with Crippen LogP contribution in [0.5, 0.6) is 0 Å². The average Bonchev–Trinajstić information content (AvgIpc) is 2.99. The van der Waals surface area contributed by atoms with Crippen LogP contribution in [0.4, 0.5) is 0 Å². The summed E-state index contributed by atoms with van der Waals surface area (Å²) in [6.45, 7) is 2.03. The summed E-state index contributed by atoms with van der Waals surface area (Å²) < 4.78 is 0. The van der Waals surface area contributed by atoms with Gasteiger partial charge in [0.15, 0.2) is 0 Å². The molecule has 1 fully saturated rings. The summed E-state index contributed by atoms with van der Waals surface area (Å²) in [5.41, 5.74) is 2.91. The van der Waals surface area contributed by atoms with Crippen molar-refractivity contribution in [3.63, 3.8) is 0 Å². The fourth-order valence-corrected chi connectivity index (χ4v) is 4.14. The Morgan fingerprint density at radius 2 is 1.77 bits per heavy atom. The van der Waals surface area contributed by atoms with E-state index in [1.54, 1.807) is 0 Å². The molecule has 0 unspecified atom stereocenters. The Hall–Kier alpha value is -1.87. The van der Waals surface area contributed by atoms with Crippen molar-refractivity contribution in [2.24, 2.45) is 5.92 Å². The van der Waals surface area contributed by atoms with Gasteiger partial charge in [-0.1, -0.05) is 36.4 Å². The maximum absolute atomic E-state index is 11.1. The van der Waals surface area contributed by atoms with Gasteiger partial charge in [-0.3, -0.25) is 9.69 Å². The van der Waals surface area contributed by atoms with Crippen LogP contribution >= 0.6 is 0 Å². The van der Waals surface area contributed by atoms with Gasteiger partial charge in [0.25, 0.3) is 0 Å². The lowest BCUT2D eigenvalue weighted by Crippen LogP contribution is -2.35. The van der Waals surface area contributed by atoms with Crippen molar-refractivity contribution >= 4 is 16.7 Å². The number of aliphatic carboxylic acids is 1. The molecule has 1 aliphatic carbocycles. The minimum Gasteiger partial charge on any atom is -0.481 e. The molecule has 2 aromatic carbocycles. The summed E-state index contributed by atoms with van der Waals surface area (Å²) in [6, 6.07) is 13.6. The zero-order valence-corrected chi connectivity index (χ0v) is 12.7. The number of nitrogens with zero attached hydrogens (tertiary/aromatic N) is 1. The maximum atomic E-state index is 11.1. The summed E-state index contributed by atoms with van der Waals surface area (Å²) in [4.78, 5) is 13.6. The predicted molar refractivity (Wildman–Crippen MR) is 86.6 cm³/mol. The fourth-order valence-electron chi connectivity index (χ4n) is 4.14. The van der Waals surface area contributed by atoms with Crippen LogP contribution in [-0.4, -0.2) is 22.0 Å². The Bertz CT molecular complexity index is 716. The number of hydrogen-bond acceptors (Lipinski definition) is 2. The van der Waals surface area contributed by atoms with Gasteiger partial charge in [-0.2, -0.15) is 0 Å². The minimum absolute atomic E-state index is 0.123. The number of rotatable bonds is 2. The summed E-state index contributed by atoms with van der Waals surface area (Å²) in [7, 11) is 0. The third kappa shape index (κ3) is 2.30. The van der Waals surface area contributed by atoms with E-state index in [-0.39, 0.29) is 5.92 Å². The smallest absolute Gasteiger partial charge is 0.306 e. The lowest BCUT2D eigenvalue weighted by molar-refractivity contribution is -0.143. The van der Waals surface area contributed by atoms with E-state index in [4.69, 9.17) is 5.11 Å². The van der Waals surface area contributed by atoms with Gasteiger partial charge in [-0.05, 0) is 47.6 Å². The zero-order chi connectivity index (χ0) is 15.1. The molecule has 2 aromatic rings. The SMILES string of the molecule is O=C(O)C1CCC(N2Cc3ccc4ccccc4c3C2)CC1. The van der Waals surface area contributed by atoms with Gasteiger partial charge in [-0.25, -0.2) is 0 Å². The number of carboxylic acids is 1. The molecule has 2 aliphatic rings. The van der Waals surface area contributed by atoms with Crippen molar-refractivity contribution < 1.29 is 9.90 Å². The zero-order valence-electron chi connectivity index (χ0n) is 12.7. The van der Waals surface area contributed by atoms with Crippen molar-refractivity contribution in [3.05, 3.63) is 47.5 Å². The van der Waals surface area contributed by atoms with Crippen LogP contribution < -0.4 is 0 Å². The molecule has 1 heterocycles. The molecule has 0 atom stereocenters. The van der Waals surface area contributed by atoms with Crippen molar-refractivity contribution in [3.8, 4) is 0 Å². The molecule has 1 N–H and O–H groups in total. The molecule has 0 aromatic heterocycles. The van der Waals surface area contributed by atoms with Gasteiger partial charge >= 0.3 is 5.97 Å². The molecule has 0 spiro atoms. The molecule has 1 aliphatic heterocycles. The monoisotopic (exact) mass is 295 g/mol. The topological polar surface area (TPSA) is 40.5 Å². The molecule has 0 radical (unpaired) electrons. The molecule has 114 valence electrons. The third-order valence-corrected chi connectivity index (χ3v) is 5.43. The van der Waals surface area contributed by atoms with Crippen LogP contribution in [-0.2, 0) is 17.9 Å². The number of carboxylic acid groups (broad SMARTS) is 1.